The first-order valence-electron chi connectivity index (χ1n) is 6.27. The summed E-state index contributed by atoms with van der Waals surface area (Å²) in [5, 5.41) is 16.1. The molecule has 0 aliphatic heterocycles. The molecule has 2 aromatic rings. The van der Waals surface area contributed by atoms with Gasteiger partial charge in [0.2, 0.25) is 5.91 Å². The lowest BCUT2D eigenvalue weighted by molar-refractivity contribution is -0.119. The van der Waals surface area contributed by atoms with Gasteiger partial charge in [-0.25, -0.2) is 9.78 Å². The van der Waals surface area contributed by atoms with E-state index >= 15 is 0 Å². The molecule has 3 N–H and O–H groups in total. The Morgan fingerprint density at radius 3 is 2.81 bits per heavy atom. The lowest BCUT2D eigenvalue weighted by Gasteiger charge is -2.07. The van der Waals surface area contributed by atoms with Gasteiger partial charge in [0.05, 0.1) is 5.01 Å². The molecule has 1 amide bonds. The van der Waals surface area contributed by atoms with Crippen LogP contribution in [0.25, 0.3) is 0 Å². The number of thiazole rings is 1. The first-order valence-corrected chi connectivity index (χ1v) is 7.08. The number of carboxylic acids is 1. The Morgan fingerprint density at radius 2 is 2.14 bits per heavy atom. The number of benzene rings is 1. The number of nitrogens with zero attached hydrogens (tertiary/aromatic N) is 1. The number of hydrogen-bond donors (Lipinski definition) is 3. The Kier molecular flexibility index (Phi) is 4.54. The molecule has 0 saturated heterocycles. The molecule has 1 aromatic carbocycles. The Balaban J connectivity index is 2.18. The Morgan fingerprint density at radius 1 is 1.38 bits per heavy atom. The van der Waals surface area contributed by atoms with Crippen molar-refractivity contribution in [2.24, 2.45) is 0 Å². The van der Waals surface area contributed by atoms with Crippen LogP contribution < -0.4 is 10.6 Å². The summed E-state index contributed by atoms with van der Waals surface area (Å²) < 4.78 is 0. The maximum Gasteiger partial charge on any atom is 0.357 e. The maximum atomic E-state index is 11.1. The zero-order valence-corrected chi connectivity index (χ0v) is 12.5. The van der Waals surface area contributed by atoms with E-state index in [-0.39, 0.29) is 11.6 Å². The van der Waals surface area contributed by atoms with Gasteiger partial charge in [-0.3, -0.25) is 4.79 Å². The van der Waals surface area contributed by atoms with Crippen molar-refractivity contribution in [2.45, 2.75) is 20.4 Å². The fraction of sp³-hybridized carbons (Fsp3) is 0.214. The van der Waals surface area contributed by atoms with Crippen molar-refractivity contribution in [1.82, 2.24) is 10.3 Å². The van der Waals surface area contributed by atoms with Crippen LogP contribution >= 0.6 is 11.3 Å². The number of hydrogen-bond acceptors (Lipinski definition) is 5. The highest BCUT2D eigenvalue weighted by molar-refractivity contribution is 7.16. The molecule has 0 aliphatic rings. The monoisotopic (exact) mass is 305 g/mol. The molecule has 110 valence electrons. The van der Waals surface area contributed by atoms with Crippen molar-refractivity contribution in [3.8, 4) is 0 Å². The van der Waals surface area contributed by atoms with Gasteiger partial charge in [0.1, 0.15) is 5.00 Å². The maximum absolute atomic E-state index is 11.1. The number of anilines is 2. The molecular formula is C14H15N3O3S. The molecule has 0 radical (unpaired) electrons. The average Bonchev–Trinajstić information content (AvgIpc) is 2.78. The fourth-order valence-electron chi connectivity index (χ4n) is 1.77. The quantitative estimate of drug-likeness (QED) is 0.789. The van der Waals surface area contributed by atoms with Gasteiger partial charge < -0.3 is 15.7 Å². The summed E-state index contributed by atoms with van der Waals surface area (Å²) in [4.78, 5) is 26.0. The summed E-state index contributed by atoms with van der Waals surface area (Å²) in [5.41, 5.74) is 1.70. The zero-order chi connectivity index (χ0) is 15.4. The van der Waals surface area contributed by atoms with E-state index in [4.69, 9.17) is 5.11 Å². The zero-order valence-electron chi connectivity index (χ0n) is 11.6. The molecule has 1 heterocycles. The highest BCUT2D eigenvalue weighted by atomic mass is 32.1. The number of nitrogens with one attached hydrogen (secondary N) is 2. The summed E-state index contributed by atoms with van der Waals surface area (Å²) >= 11 is 1.29. The van der Waals surface area contributed by atoms with E-state index < -0.39 is 5.97 Å². The predicted molar refractivity (Wildman–Crippen MR) is 81.1 cm³/mol. The third-order valence-corrected chi connectivity index (χ3v) is 3.55. The Bertz CT molecular complexity index is 682. The van der Waals surface area contributed by atoms with Crippen LogP contribution in [0.2, 0.25) is 0 Å². The molecule has 0 unspecified atom stereocenters. The van der Waals surface area contributed by atoms with Crippen LogP contribution in [0, 0.1) is 6.92 Å². The van der Waals surface area contributed by atoms with Crippen LogP contribution in [0.5, 0.6) is 0 Å². The number of amides is 1. The Hall–Kier alpha value is -2.41. The molecule has 7 heteroatoms. The lowest BCUT2D eigenvalue weighted by atomic mass is 10.2. The minimum atomic E-state index is -1.06. The van der Waals surface area contributed by atoms with Crippen molar-refractivity contribution < 1.29 is 14.7 Å². The van der Waals surface area contributed by atoms with Gasteiger partial charge in [0.25, 0.3) is 0 Å². The van der Waals surface area contributed by atoms with Gasteiger partial charge >= 0.3 is 5.97 Å². The van der Waals surface area contributed by atoms with Crippen molar-refractivity contribution in [1.29, 1.82) is 0 Å². The minimum Gasteiger partial charge on any atom is -0.476 e. The molecule has 0 aliphatic carbocycles. The van der Waals surface area contributed by atoms with Crippen molar-refractivity contribution >= 4 is 33.9 Å². The van der Waals surface area contributed by atoms with E-state index in [1.165, 1.54) is 18.3 Å². The number of carbonyl (C=O) groups excluding carboxylic acids is 1. The summed E-state index contributed by atoms with van der Waals surface area (Å²) in [6, 6.07) is 7.42. The smallest absolute Gasteiger partial charge is 0.357 e. The molecule has 0 spiro atoms. The standard InChI is InChI=1S/C14H15N3O3S/c1-8(18)15-7-10-4-3-5-11(6-10)17-13-12(14(19)20)16-9(2)21-13/h3-6,17H,7H2,1-2H3,(H,15,18)(H,19,20). The largest absolute Gasteiger partial charge is 0.476 e. The summed E-state index contributed by atoms with van der Waals surface area (Å²) in [6.45, 7) is 3.65. The topological polar surface area (TPSA) is 91.3 Å². The fourth-order valence-corrected chi connectivity index (χ4v) is 2.60. The molecule has 1 aromatic heterocycles. The van der Waals surface area contributed by atoms with Gasteiger partial charge in [0.15, 0.2) is 5.69 Å². The third kappa shape index (κ3) is 4.03. The van der Waals surface area contributed by atoms with Crippen LogP contribution in [-0.4, -0.2) is 22.0 Å². The predicted octanol–water partition coefficient (Wildman–Crippen LogP) is 2.53. The first-order chi connectivity index (χ1) is 9.95. The summed E-state index contributed by atoms with van der Waals surface area (Å²) in [5.74, 6) is -1.16. The second-order valence-corrected chi connectivity index (χ2v) is 5.65. The highest BCUT2D eigenvalue weighted by Gasteiger charge is 2.15. The molecule has 0 fully saturated rings. The van der Waals surface area contributed by atoms with E-state index in [1.54, 1.807) is 6.92 Å². The van der Waals surface area contributed by atoms with E-state index in [0.29, 0.717) is 16.6 Å². The SMILES string of the molecule is CC(=O)NCc1cccc(Nc2sc(C)nc2C(=O)O)c1. The number of carbonyl (C=O) groups is 2. The van der Waals surface area contributed by atoms with Gasteiger partial charge in [-0.1, -0.05) is 12.1 Å². The molecule has 0 saturated carbocycles. The van der Waals surface area contributed by atoms with E-state index in [2.05, 4.69) is 15.6 Å². The minimum absolute atomic E-state index is 0.0183. The van der Waals surface area contributed by atoms with Gasteiger partial charge in [-0.2, -0.15) is 0 Å². The molecule has 0 bridgehead atoms. The molecule has 2 rings (SSSR count). The van der Waals surface area contributed by atoms with E-state index in [1.807, 2.05) is 24.3 Å². The number of carboxylic acid groups (broad SMARTS) is 1. The Labute approximate surface area is 125 Å². The van der Waals surface area contributed by atoms with Crippen LogP contribution in [-0.2, 0) is 11.3 Å². The van der Waals surface area contributed by atoms with E-state index in [9.17, 15) is 9.59 Å². The normalized spacial score (nSPS) is 10.2. The van der Waals surface area contributed by atoms with Crippen LogP contribution in [0.1, 0.15) is 28.0 Å². The lowest BCUT2D eigenvalue weighted by Crippen LogP contribution is -2.18. The number of aromatic carboxylic acids is 1. The van der Waals surface area contributed by atoms with Gasteiger partial charge in [-0.05, 0) is 24.6 Å². The highest BCUT2D eigenvalue weighted by Crippen LogP contribution is 2.28. The molecular weight excluding hydrogens is 290 g/mol. The van der Waals surface area contributed by atoms with Crippen molar-refractivity contribution in [3.63, 3.8) is 0 Å². The number of aryl methyl sites for hydroxylation is 1. The van der Waals surface area contributed by atoms with E-state index in [0.717, 1.165) is 11.3 Å². The average molecular weight is 305 g/mol. The van der Waals surface area contributed by atoms with Gasteiger partial charge in [-0.15, -0.1) is 11.3 Å². The number of aromatic nitrogens is 1. The summed E-state index contributed by atoms with van der Waals surface area (Å²) in [6.07, 6.45) is 0. The van der Waals surface area contributed by atoms with Gasteiger partial charge in [0, 0.05) is 19.2 Å². The summed E-state index contributed by atoms with van der Waals surface area (Å²) in [7, 11) is 0. The molecule has 21 heavy (non-hydrogen) atoms. The van der Waals surface area contributed by atoms with Crippen LogP contribution in [0.3, 0.4) is 0 Å². The first kappa shape index (κ1) is 15.0. The molecule has 6 nitrogen and oxygen atoms in total. The van der Waals surface area contributed by atoms with Crippen LogP contribution in [0.15, 0.2) is 24.3 Å². The third-order valence-electron chi connectivity index (χ3n) is 2.66. The van der Waals surface area contributed by atoms with Crippen LogP contribution in [0.4, 0.5) is 10.7 Å². The number of rotatable bonds is 5. The van der Waals surface area contributed by atoms with Crippen molar-refractivity contribution in [2.75, 3.05) is 5.32 Å². The second-order valence-electron chi connectivity index (χ2n) is 4.45. The second kappa shape index (κ2) is 6.36. The van der Waals surface area contributed by atoms with Crippen molar-refractivity contribution in [3.05, 3.63) is 40.5 Å². The molecule has 0 atom stereocenters.